The molecule has 0 aliphatic rings. The van der Waals surface area contributed by atoms with Crippen molar-refractivity contribution < 1.29 is 17.9 Å². The highest BCUT2D eigenvalue weighted by atomic mass is 32.1. The number of nitrogens with zero attached hydrogens (tertiary/aromatic N) is 3. The van der Waals surface area contributed by atoms with Gasteiger partial charge in [0.25, 0.3) is 0 Å². The predicted molar refractivity (Wildman–Crippen MR) is 79.3 cm³/mol. The molecule has 0 saturated carbocycles. The third-order valence-corrected chi connectivity index (χ3v) is 4.46. The van der Waals surface area contributed by atoms with Gasteiger partial charge in [0.1, 0.15) is 10.8 Å². The Hall–Kier alpha value is -1.26. The first-order valence-corrected chi connectivity index (χ1v) is 8.20. The lowest BCUT2D eigenvalue weighted by molar-refractivity contribution is -0.140. The zero-order chi connectivity index (χ0) is 16.2. The number of anilines is 1. The maximum Gasteiger partial charge on any atom is 0.434 e. The van der Waals surface area contributed by atoms with Gasteiger partial charge in [0.15, 0.2) is 5.69 Å². The highest BCUT2D eigenvalue weighted by Crippen LogP contribution is 2.33. The molecule has 2 aromatic heterocycles. The molecule has 5 nitrogen and oxygen atoms in total. The molecule has 0 aliphatic carbocycles. The SMILES string of the molecule is CCC(Nc1nc(CCOC)ns1)c1nc(C(F)(F)F)cs1. The van der Waals surface area contributed by atoms with Crippen LogP contribution >= 0.6 is 22.9 Å². The number of hydrogen-bond donors (Lipinski definition) is 1. The Balaban J connectivity index is 2.05. The summed E-state index contributed by atoms with van der Waals surface area (Å²) in [4.78, 5) is 7.96. The summed E-state index contributed by atoms with van der Waals surface area (Å²) in [6, 6.07) is -0.315. The molecule has 0 radical (unpaired) electrons. The van der Waals surface area contributed by atoms with E-state index < -0.39 is 11.9 Å². The summed E-state index contributed by atoms with van der Waals surface area (Å²) in [6.45, 7) is 2.40. The lowest BCUT2D eigenvalue weighted by Crippen LogP contribution is -2.11. The Morgan fingerprint density at radius 1 is 1.36 bits per heavy atom. The van der Waals surface area contributed by atoms with Gasteiger partial charge in [-0.2, -0.15) is 17.5 Å². The zero-order valence-corrected chi connectivity index (χ0v) is 13.6. The molecule has 0 amide bonds. The van der Waals surface area contributed by atoms with E-state index in [2.05, 4.69) is 19.7 Å². The van der Waals surface area contributed by atoms with Crippen molar-refractivity contribution in [3.8, 4) is 0 Å². The van der Waals surface area contributed by atoms with Crippen LogP contribution in [0.5, 0.6) is 0 Å². The lowest BCUT2D eigenvalue weighted by atomic mass is 10.2. The van der Waals surface area contributed by atoms with Gasteiger partial charge in [-0.1, -0.05) is 6.92 Å². The molecule has 2 rings (SSSR count). The average Bonchev–Trinajstić information content (AvgIpc) is 3.11. The smallest absolute Gasteiger partial charge is 0.384 e. The highest BCUT2D eigenvalue weighted by molar-refractivity contribution is 7.10. The fourth-order valence-electron chi connectivity index (χ4n) is 1.67. The minimum Gasteiger partial charge on any atom is -0.384 e. The van der Waals surface area contributed by atoms with Gasteiger partial charge in [-0.25, -0.2) is 9.97 Å². The van der Waals surface area contributed by atoms with Crippen LogP contribution in [0.4, 0.5) is 18.3 Å². The van der Waals surface area contributed by atoms with E-state index in [1.54, 1.807) is 7.11 Å². The first-order chi connectivity index (χ1) is 10.4. The summed E-state index contributed by atoms with van der Waals surface area (Å²) in [5.74, 6) is 0.652. The molecule has 1 N–H and O–H groups in total. The van der Waals surface area contributed by atoms with Crippen molar-refractivity contribution in [3.63, 3.8) is 0 Å². The van der Waals surface area contributed by atoms with Crippen LogP contribution < -0.4 is 5.32 Å². The summed E-state index contributed by atoms with van der Waals surface area (Å²) in [5.41, 5.74) is -0.856. The summed E-state index contributed by atoms with van der Waals surface area (Å²) in [6.07, 6.45) is -3.22. The third-order valence-electron chi connectivity index (χ3n) is 2.81. The molecular formula is C12H15F3N4OS2. The number of aromatic nitrogens is 3. The summed E-state index contributed by atoms with van der Waals surface area (Å²) in [5, 5.41) is 5.09. The molecule has 22 heavy (non-hydrogen) atoms. The minimum atomic E-state index is -4.41. The maximum absolute atomic E-state index is 12.6. The number of hydrogen-bond acceptors (Lipinski definition) is 7. The van der Waals surface area contributed by atoms with Crippen molar-refractivity contribution in [2.75, 3.05) is 19.0 Å². The molecule has 2 heterocycles. The average molecular weight is 352 g/mol. The van der Waals surface area contributed by atoms with E-state index in [0.29, 0.717) is 35.4 Å². The fraction of sp³-hybridized carbons (Fsp3) is 0.583. The molecule has 0 saturated heterocycles. The van der Waals surface area contributed by atoms with Crippen molar-refractivity contribution in [1.29, 1.82) is 0 Å². The molecule has 0 fully saturated rings. The second kappa shape index (κ2) is 7.34. The summed E-state index contributed by atoms with van der Waals surface area (Å²) < 4.78 is 46.9. The Kier molecular flexibility index (Phi) is 5.70. The Labute approximate surface area is 133 Å². The maximum atomic E-state index is 12.6. The number of methoxy groups -OCH3 is 1. The van der Waals surface area contributed by atoms with E-state index in [0.717, 1.165) is 16.7 Å². The fourth-order valence-corrected chi connectivity index (χ4v) is 3.30. The number of ether oxygens (including phenoxy) is 1. The minimum absolute atomic E-state index is 0.315. The van der Waals surface area contributed by atoms with Crippen LogP contribution in [-0.2, 0) is 17.3 Å². The summed E-state index contributed by atoms with van der Waals surface area (Å²) >= 11 is 2.17. The van der Waals surface area contributed by atoms with E-state index >= 15 is 0 Å². The largest absolute Gasteiger partial charge is 0.434 e. The molecule has 122 valence electrons. The number of alkyl halides is 3. The Morgan fingerprint density at radius 2 is 2.14 bits per heavy atom. The van der Waals surface area contributed by atoms with E-state index in [9.17, 15) is 13.2 Å². The van der Waals surface area contributed by atoms with E-state index in [-0.39, 0.29) is 6.04 Å². The van der Waals surface area contributed by atoms with Crippen LogP contribution in [0.25, 0.3) is 0 Å². The highest BCUT2D eigenvalue weighted by Gasteiger charge is 2.34. The second-order valence-electron chi connectivity index (χ2n) is 4.43. The number of halogens is 3. The van der Waals surface area contributed by atoms with Gasteiger partial charge in [0, 0.05) is 30.4 Å². The summed E-state index contributed by atoms with van der Waals surface area (Å²) in [7, 11) is 1.60. The van der Waals surface area contributed by atoms with Gasteiger partial charge in [-0.3, -0.25) is 0 Å². The van der Waals surface area contributed by atoms with Crippen LogP contribution in [0, 0.1) is 0 Å². The van der Waals surface area contributed by atoms with Crippen molar-refractivity contribution in [1.82, 2.24) is 14.3 Å². The van der Waals surface area contributed by atoms with Gasteiger partial charge in [-0.15, -0.1) is 11.3 Å². The van der Waals surface area contributed by atoms with Crippen LogP contribution in [0.3, 0.4) is 0 Å². The first-order valence-electron chi connectivity index (χ1n) is 6.54. The van der Waals surface area contributed by atoms with Crippen LogP contribution in [0.1, 0.15) is 35.9 Å². The predicted octanol–water partition coefficient (Wildman–Crippen LogP) is 3.77. The van der Waals surface area contributed by atoms with Crippen LogP contribution in [-0.4, -0.2) is 28.1 Å². The lowest BCUT2D eigenvalue weighted by Gasteiger charge is -2.12. The molecule has 0 bridgehead atoms. The van der Waals surface area contributed by atoms with Gasteiger partial charge >= 0.3 is 6.18 Å². The molecule has 1 unspecified atom stereocenters. The van der Waals surface area contributed by atoms with Crippen LogP contribution in [0.2, 0.25) is 0 Å². The quantitative estimate of drug-likeness (QED) is 0.822. The standard InChI is InChI=1S/C12H15F3N4OS2/c1-3-7(10-17-8(6-21-10)12(13,14)15)16-11-18-9(19-22-11)4-5-20-2/h6-7H,3-5H2,1-2H3,(H,16,18,19). The molecule has 10 heteroatoms. The van der Waals surface area contributed by atoms with Gasteiger partial charge in [0.2, 0.25) is 5.13 Å². The van der Waals surface area contributed by atoms with Gasteiger partial charge in [0.05, 0.1) is 12.6 Å². The Morgan fingerprint density at radius 3 is 2.73 bits per heavy atom. The van der Waals surface area contributed by atoms with E-state index in [1.807, 2.05) is 6.92 Å². The molecule has 0 spiro atoms. The number of nitrogens with one attached hydrogen (secondary N) is 1. The van der Waals surface area contributed by atoms with Crippen molar-refractivity contribution in [3.05, 3.63) is 21.9 Å². The normalized spacial score (nSPS) is 13.3. The molecule has 2 aromatic rings. The number of thiazole rings is 1. The molecular weight excluding hydrogens is 337 g/mol. The van der Waals surface area contributed by atoms with Crippen LogP contribution in [0.15, 0.2) is 5.38 Å². The van der Waals surface area contributed by atoms with E-state index in [4.69, 9.17) is 4.74 Å². The molecule has 0 aliphatic heterocycles. The third kappa shape index (κ3) is 4.37. The molecule has 1 atom stereocenters. The van der Waals surface area contributed by atoms with Gasteiger partial charge < -0.3 is 10.1 Å². The Bertz CT molecular complexity index is 599. The van der Waals surface area contributed by atoms with Crippen molar-refractivity contribution in [2.24, 2.45) is 0 Å². The first kappa shape index (κ1) is 17.1. The zero-order valence-electron chi connectivity index (χ0n) is 12.0. The number of rotatable bonds is 7. The van der Waals surface area contributed by atoms with E-state index in [1.165, 1.54) is 11.5 Å². The molecule has 0 aromatic carbocycles. The monoisotopic (exact) mass is 352 g/mol. The van der Waals surface area contributed by atoms with Gasteiger partial charge in [-0.05, 0) is 6.42 Å². The van der Waals surface area contributed by atoms with Crippen molar-refractivity contribution >= 4 is 28.0 Å². The van der Waals surface area contributed by atoms with Crippen molar-refractivity contribution in [2.45, 2.75) is 32.0 Å². The topological polar surface area (TPSA) is 59.9 Å². The second-order valence-corrected chi connectivity index (χ2v) is 6.07.